The largest absolute Gasteiger partial charge is 0.372 e. The molecule has 0 aromatic heterocycles. The summed E-state index contributed by atoms with van der Waals surface area (Å²) in [7, 11) is 0. The number of ether oxygens (including phenoxy) is 1. The van der Waals surface area contributed by atoms with Gasteiger partial charge in [-0.05, 0) is 32.6 Å². The number of carbonyl (C=O) groups excluding carboxylic acids is 1. The minimum Gasteiger partial charge on any atom is -0.372 e. The lowest BCUT2D eigenvalue weighted by molar-refractivity contribution is -0.144. The zero-order chi connectivity index (χ0) is 13.1. The fourth-order valence-corrected chi connectivity index (χ4v) is 3.22. The smallest absolute Gasteiger partial charge is 0.223 e. The first kappa shape index (κ1) is 13.8. The van der Waals surface area contributed by atoms with Gasteiger partial charge in [0.25, 0.3) is 0 Å². The van der Waals surface area contributed by atoms with Crippen LogP contribution in [0.15, 0.2) is 0 Å². The molecule has 104 valence electrons. The Hall–Kier alpha value is -0.610. The van der Waals surface area contributed by atoms with Gasteiger partial charge in [0.2, 0.25) is 5.91 Å². The zero-order valence-electron chi connectivity index (χ0n) is 11.6. The fourth-order valence-electron chi connectivity index (χ4n) is 3.22. The van der Waals surface area contributed by atoms with E-state index in [1.54, 1.807) is 0 Å². The molecule has 1 saturated heterocycles. The van der Waals surface area contributed by atoms with Gasteiger partial charge < -0.3 is 15.4 Å². The van der Waals surface area contributed by atoms with Crippen molar-refractivity contribution < 1.29 is 9.53 Å². The summed E-state index contributed by atoms with van der Waals surface area (Å²) in [6.07, 6.45) is 5.56. The van der Waals surface area contributed by atoms with E-state index in [4.69, 9.17) is 10.5 Å². The van der Waals surface area contributed by atoms with Gasteiger partial charge in [0.05, 0.1) is 12.2 Å². The lowest BCUT2D eigenvalue weighted by atomic mass is 9.82. The summed E-state index contributed by atoms with van der Waals surface area (Å²) >= 11 is 0. The molecule has 1 saturated carbocycles. The SMILES string of the molecule is C[C@@H]1CN(C(=O)CC2CCCCC2N)C[C@H](C)O1. The molecule has 0 aromatic rings. The molecule has 2 fully saturated rings. The normalized spacial score (nSPS) is 37.6. The van der Waals surface area contributed by atoms with Crippen LogP contribution in [0.5, 0.6) is 0 Å². The van der Waals surface area contributed by atoms with E-state index in [-0.39, 0.29) is 24.2 Å². The Kier molecular flexibility index (Phi) is 4.62. The van der Waals surface area contributed by atoms with E-state index >= 15 is 0 Å². The van der Waals surface area contributed by atoms with Crippen LogP contribution in [0.3, 0.4) is 0 Å². The number of amides is 1. The quantitative estimate of drug-likeness (QED) is 0.813. The lowest BCUT2D eigenvalue weighted by Crippen LogP contribution is -2.49. The molecule has 2 N–H and O–H groups in total. The molecule has 4 nitrogen and oxygen atoms in total. The van der Waals surface area contributed by atoms with Crippen LogP contribution in [0, 0.1) is 5.92 Å². The molecule has 18 heavy (non-hydrogen) atoms. The van der Waals surface area contributed by atoms with Crippen LogP contribution >= 0.6 is 0 Å². The number of nitrogens with zero attached hydrogens (tertiary/aromatic N) is 1. The summed E-state index contributed by atoms with van der Waals surface area (Å²) in [5, 5.41) is 0. The molecule has 1 heterocycles. The molecule has 1 aliphatic heterocycles. The minimum atomic E-state index is 0.151. The molecule has 0 aromatic carbocycles. The van der Waals surface area contributed by atoms with Crippen LogP contribution in [0.2, 0.25) is 0 Å². The van der Waals surface area contributed by atoms with Crippen LogP contribution in [0.1, 0.15) is 46.0 Å². The maximum atomic E-state index is 12.3. The zero-order valence-corrected chi connectivity index (χ0v) is 11.6. The Balaban J connectivity index is 1.86. The Labute approximate surface area is 110 Å². The van der Waals surface area contributed by atoms with Crippen molar-refractivity contribution in [2.75, 3.05) is 13.1 Å². The van der Waals surface area contributed by atoms with Crippen molar-refractivity contribution in [2.24, 2.45) is 11.7 Å². The van der Waals surface area contributed by atoms with Crippen molar-refractivity contribution in [3.8, 4) is 0 Å². The van der Waals surface area contributed by atoms with Gasteiger partial charge in [0.1, 0.15) is 0 Å². The summed E-state index contributed by atoms with van der Waals surface area (Å²) in [5.74, 6) is 0.652. The van der Waals surface area contributed by atoms with Crippen LogP contribution in [0.25, 0.3) is 0 Å². The third kappa shape index (κ3) is 3.45. The molecule has 0 radical (unpaired) electrons. The molecule has 0 bridgehead atoms. The minimum absolute atomic E-state index is 0.151. The average Bonchev–Trinajstić information content (AvgIpc) is 2.31. The molecule has 4 heteroatoms. The number of carbonyl (C=O) groups is 1. The molecule has 2 aliphatic rings. The highest BCUT2D eigenvalue weighted by Crippen LogP contribution is 2.26. The van der Waals surface area contributed by atoms with Crippen molar-refractivity contribution in [1.82, 2.24) is 4.90 Å². The number of hydrogen-bond acceptors (Lipinski definition) is 3. The van der Waals surface area contributed by atoms with Crippen molar-refractivity contribution in [2.45, 2.75) is 64.2 Å². The van der Waals surface area contributed by atoms with Gasteiger partial charge in [-0.15, -0.1) is 0 Å². The maximum absolute atomic E-state index is 12.3. The van der Waals surface area contributed by atoms with Crippen molar-refractivity contribution in [3.05, 3.63) is 0 Å². The van der Waals surface area contributed by atoms with E-state index in [1.165, 1.54) is 12.8 Å². The Bertz CT molecular complexity index is 286. The predicted molar refractivity (Wildman–Crippen MR) is 71.1 cm³/mol. The monoisotopic (exact) mass is 254 g/mol. The topological polar surface area (TPSA) is 55.6 Å². The predicted octanol–water partition coefficient (Wildman–Crippen LogP) is 1.53. The maximum Gasteiger partial charge on any atom is 0.223 e. The van der Waals surface area contributed by atoms with Gasteiger partial charge in [-0.25, -0.2) is 0 Å². The van der Waals surface area contributed by atoms with E-state index in [1.807, 2.05) is 18.7 Å². The van der Waals surface area contributed by atoms with E-state index in [0.717, 1.165) is 25.9 Å². The van der Waals surface area contributed by atoms with Crippen LogP contribution < -0.4 is 5.73 Å². The molecule has 2 rings (SSSR count). The number of nitrogens with two attached hydrogens (primary N) is 1. The molecule has 4 atom stereocenters. The second-order valence-electron chi connectivity index (χ2n) is 5.97. The standard InChI is InChI=1S/C14H26N2O2/c1-10-8-16(9-11(2)18-10)14(17)7-12-5-3-4-6-13(12)15/h10-13H,3-9,15H2,1-2H3/t10-,11+,12?,13?. The second-order valence-corrected chi connectivity index (χ2v) is 5.97. The Morgan fingerprint density at radius 1 is 1.22 bits per heavy atom. The highest BCUT2D eigenvalue weighted by Gasteiger charge is 2.30. The van der Waals surface area contributed by atoms with E-state index < -0.39 is 0 Å². The summed E-state index contributed by atoms with van der Waals surface area (Å²) in [6.45, 7) is 5.51. The van der Waals surface area contributed by atoms with Gasteiger partial charge in [0, 0.05) is 25.6 Å². The molecule has 0 spiro atoms. The summed E-state index contributed by atoms with van der Waals surface area (Å²) < 4.78 is 5.66. The summed E-state index contributed by atoms with van der Waals surface area (Å²) in [6, 6.07) is 0.221. The van der Waals surface area contributed by atoms with E-state index in [2.05, 4.69) is 0 Å². The van der Waals surface area contributed by atoms with Gasteiger partial charge in [-0.2, -0.15) is 0 Å². The fraction of sp³-hybridized carbons (Fsp3) is 0.929. The van der Waals surface area contributed by atoms with Gasteiger partial charge in [-0.3, -0.25) is 4.79 Å². The highest BCUT2D eigenvalue weighted by molar-refractivity contribution is 5.76. The Morgan fingerprint density at radius 2 is 1.83 bits per heavy atom. The first-order valence-corrected chi connectivity index (χ1v) is 7.25. The molecule has 1 aliphatic carbocycles. The third-order valence-corrected chi connectivity index (χ3v) is 4.18. The first-order chi connectivity index (χ1) is 8.56. The number of rotatable bonds is 2. The van der Waals surface area contributed by atoms with Gasteiger partial charge in [-0.1, -0.05) is 12.8 Å². The van der Waals surface area contributed by atoms with Gasteiger partial charge in [0.15, 0.2) is 0 Å². The van der Waals surface area contributed by atoms with E-state index in [9.17, 15) is 4.79 Å². The van der Waals surface area contributed by atoms with Crippen molar-refractivity contribution in [3.63, 3.8) is 0 Å². The number of hydrogen-bond donors (Lipinski definition) is 1. The van der Waals surface area contributed by atoms with Crippen LogP contribution in [-0.4, -0.2) is 42.1 Å². The Morgan fingerprint density at radius 3 is 2.44 bits per heavy atom. The van der Waals surface area contributed by atoms with E-state index in [0.29, 0.717) is 12.3 Å². The molecular weight excluding hydrogens is 228 g/mol. The first-order valence-electron chi connectivity index (χ1n) is 7.25. The van der Waals surface area contributed by atoms with Crippen LogP contribution in [0.4, 0.5) is 0 Å². The third-order valence-electron chi connectivity index (χ3n) is 4.18. The highest BCUT2D eigenvalue weighted by atomic mass is 16.5. The molecule has 2 unspecified atom stereocenters. The van der Waals surface area contributed by atoms with Crippen molar-refractivity contribution in [1.29, 1.82) is 0 Å². The summed E-state index contributed by atoms with van der Waals surface area (Å²) in [4.78, 5) is 14.3. The second kappa shape index (κ2) is 6.02. The molecular formula is C14H26N2O2. The van der Waals surface area contributed by atoms with Crippen LogP contribution in [-0.2, 0) is 9.53 Å². The lowest BCUT2D eigenvalue weighted by Gasteiger charge is -2.37. The summed E-state index contributed by atoms with van der Waals surface area (Å²) in [5.41, 5.74) is 6.12. The van der Waals surface area contributed by atoms with Gasteiger partial charge >= 0.3 is 0 Å². The number of morpholine rings is 1. The average molecular weight is 254 g/mol. The molecule has 1 amide bonds. The van der Waals surface area contributed by atoms with Crippen molar-refractivity contribution >= 4 is 5.91 Å².